The van der Waals surface area contributed by atoms with E-state index in [1.807, 2.05) is 0 Å². The van der Waals surface area contributed by atoms with E-state index in [4.69, 9.17) is 0 Å². The maximum atomic E-state index is 12.6. The van der Waals surface area contributed by atoms with Gasteiger partial charge in [0.2, 0.25) is 6.54 Å². The van der Waals surface area contributed by atoms with Gasteiger partial charge in [-0.1, -0.05) is 30.3 Å². The normalized spacial score (nSPS) is 15.1. The summed E-state index contributed by atoms with van der Waals surface area (Å²) in [5.41, 5.74) is 0.648. The molecule has 4 nitrogen and oxygen atoms in total. The molecule has 1 rings (SSSR count). The number of benzene rings is 1. The quantitative estimate of drug-likeness (QED) is 0.655. The first-order valence-corrected chi connectivity index (χ1v) is 5.30. The summed E-state index contributed by atoms with van der Waals surface area (Å²) < 4.78 is 37.8. The lowest BCUT2D eigenvalue weighted by molar-refractivity contribution is -0.491. The molecule has 0 aliphatic rings. The number of alkyl halides is 3. The van der Waals surface area contributed by atoms with Crippen LogP contribution in [0.25, 0.3) is 0 Å². The van der Waals surface area contributed by atoms with Crippen LogP contribution in [0.4, 0.5) is 13.2 Å². The van der Waals surface area contributed by atoms with Crippen LogP contribution in [0.15, 0.2) is 30.3 Å². The summed E-state index contributed by atoms with van der Waals surface area (Å²) in [4.78, 5) is 9.27. The average Bonchev–Trinajstić information content (AvgIpc) is 2.27. The smallest absolute Gasteiger partial charge is 0.294 e. The van der Waals surface area contributed by atoms with Gasteiger partial charge in [0.05, 0.1) is 0 Å². The number of rotatable bonds is 5. The Morgan fingerprint density at radius 3 is 2.33 bits per heavy atom. The zero-order valence-electron chi connectivity index (χ0n) is 9.65. The Labute approximate surface area is 102 Å². The predicted octanol–water partition coefficient (Wildman–Crippen LogP) is 2.54. The standard InChI is InChI=1S/C11H13F3N2O2/c1-8(9-5-3-2-4-6-9)15-10(7-16(17)18)11(12,13)14/h2-6,8,10,15H,7H2,1H3/t8-,10?/m1/s1. The third kappa shape index (κ3) is 4.33. The summed E-state index contributed by atoms with van der Waals surface area (Å²) in [7, 11) is 0. The molecular formula is C11H13F3N2O2. The topological polar surface area (TPSA) is 55.2 Å². The average molecular weight is 262 g/mol. The zero-order valence-corrected chi connectivity index (χ0v) is 9.65. The van der Waals surface area contributed by atoms with Crippen LogP contribution in [-0.4, -0.2) is 23.7 Å². The molecule has 0 aliphatic heterocycles. The maximum absolute atomic E-state index is 12.6. The van der Waals surface area contributed by atoms with Crippen molar-refractivity contribution in [2.45, 2.75) is 25.2 Å². The molecule has 100 valence electrons. The molecule has 18 heavy (non-hydrogen) atoms. The highest BCUT2D eigenvalue weighted by atomic mass is 19.4. The van der Waals surface area contributed by atoms with Crippen molar-refractivity contribution < 1.29 is 18.1 Å². The van der Waals surface area contributed by atoms with E-state index in [1.54, 1.807) is 30.3 Å². The summed E-state index contributed by atoms with van der Waals surface area (Å²) in [6.45, 7) is 0.356. The number of nitrogens with zero attached hydrogens (tertiary/aromatic N) is 1. The highest BCUT2D eigenvalue weighted by molar-refractivity contribution is 5.18. The molecular weight excluding hydrogens is 249 g/mol. The molecule has 0 aliphatic carbocycles. The van der Waals surface area contributed by atoms with Crippen molar-refractivity contribution in [1.29, 1.82) is 0 Å². The molecule has 1 aromatic rings. The van der Waals surface area contributed by atoms with Gasteiger partial charge in [0.25, 0.3) is 0 Å². The summed E-state index contributed by atoms with van der Waals surface area (Å²) in [6.07, 6.45) is -4.64. The second-order valence-corrected chi connectivity index (χ2v) is 3.91. The summed E-state index contributed by atoms with van der Waals surface area (Å²) in [5, 5.41) is 12.5. The van der Waals surface area contributed by atoms with Crippen LogP contribution in [0, 0.1) is 10.1 Å². The molecule has 0 heterocycles. The molecule has 1 aromatic carbocycles. The fourth-order valence-corrected chi connectivity index (χ4v) is 1.54. The lowest BCUT2D eigenvalue weighted by Crippen LogP contribution is -2.47. The summed E-state index contributed by atoms with van der Waals surface area (Å²) in [5.74, 6) is 0. The Kier molecular flexibility index (Phi) is 4.66. The van der Waals surface area contributed by atoms with Gasteiger partial charge in [-0.25, -0.2) is 0 Å². The van der Waals surface area contributed by atoms with E-state index in [-0.39, 0.29) is 0 Å². The van der Waals surface area contributed by atoms with Crippen molar-refractivity contribution in [1.82, 2.24) is 5.32 Å². The molecule has 0 spiro atoms. The number of hydrogen-bond acceptors (Lipinski definition) is 3. The molecule has 0 amide bonds. The van der Waals surface area contributed by atoms with Gasteiger partial charge in [-0.2, -0.15) is 13.2 Å². The third-order valence-electron chi connectivity index (χ3n) is 2.48. The van der Waals surface area contributed by atoms with Crippen LogP contribution in [-0.2, 0) is 0 Å². The van der Waals surface area contributed by atoms with Crippen molar-refractivity contribution in [2.75, 3.05) is 6.54 Å². The fraction of sp³-hybridized carbons (Fsp3) is 0.455. The van der Waals surface area contributed by atoms with E-state index in [1.165, 1.54) is 6.92 Å². The Balaban J connectivity index is 2.75. The lowest BCUT2D eigenvalue weighted by Gasteiger charge is -2.22. The molecule has 1 unspecified atom stereocenters. The maximum Gasteiger partial charge on any atom is 0.410 e. The molecule has 2 atom stereocenters. The Morgan fingerprint density at radius 2 is 1.89 bits per heavy atom. The van der Waals surface area contributed by atoms with E-state index < -0.39 is 29.7 Å². The largest absolute Gasteiger partial charge is 0.410 e. The Morgan fingerprint density at radius 1 is 1.33 bits per heavy atom. The molecule has 0 saturated carbocycles. The second-order valence-electron chi connectivity index (χ2n) is 3.91. The van der Waals surface area contributed by atoms with Gasteiger partial charge < -0.3 is 0 Å². The van der Waals surface area contributed by atoms with Gasteiger partial charge in [-0.3, -0.25) is 15.4 Å². The number of nitro groups is 1. The van der Waals surface area contributed by atoms with Crippen LogP contribution in [0.1, 0.15) is 18.5 Å². The van der Waals surface area contributed by atoms with E-state index in [0.29, 0.717) is 5.56 Å². The monoisotopic (exact) mass is 262 g/mol. The molecule has 0 fully saturated rings. The Bertz CT molecular complexity index is 395. The first-order valence-electron chi connectivity index (χ1n) is 5.30. The van der Waals surface area contributed by atoms with Crippen LogP contribution >= 0.6 is 0 Å². The number of nitrogens with one attached hydrogen (secondary N) is 1. The van der Waals surface area contributed by atoms with E-state index in [9.17, 15) is 23.3 Å². The first kappa shape index (κ1) is 14.4. The lowest BCUT2D eigenvalue weighted by atomic mass is 10.1. The zero-order chi connectivity index (χ0) is 13.8. The molecule has 0 aromatic heterocycles. The molecule has 0 radical (unpaired) electrons. The minimum Gasteiger partial charge on any atom is -0.294 e. The van der Waals surface area contributed by atoms with Crippen LogP contribution < -0.4 is 5.32 Å². The first-order chi connectivity index (χ1) is 8.30. The van der Waals surface area contributed by atoms with Gasteiger partial charge in [0.15, 0.2) is 6.04 Å². The second kappa shape index (κ2) is 5.81. The van der Waals surface area contributed by atoms with Crippen molar-refractivity contribution in [3.05, 3.63) is 46.0 Å². The molecule has 7 heteroatoms. The highest BCUT2D eigenvalue weighted by Gasteiger charge is 2.43. The van der Waals surface area contributed by atoms with Crippen LogP contribution in [0.3, 0.4) is 0 Å². The highest BCUT2D eigenvalue weighted by Crippen LogP contribution is 2.23. The van der Waals surface area contributed by atoms with Crippen molar-refractivity contribution >= 4 is 0 Å². The molecule has 1 N–H and O–H groups in total. The number of hydrogen-bond donors (Lipinski definition) is 1. The van der Waals surface area contributed by atoms with Gasteiger partial charge in [-0.15, -0.1) is 0 Å². The summed E-state index contributed by atoms with van der Waals surface area (Å²) >= 11 is 0. The minimum atomic E-state index is -4.64. The van der Waals surface area contributed by atoms with Crippen LogP contribution in [0.2, 0.25) is 0 Å². The molecule has 0 saturated heterocycles. The minimum absolute atomic E-state index is 0.613. The van der Waals surface area contributed by atoms with E-state index in [2.05, 4.69) is 5.32 Å². The van der Waals surface area contributed by atoms with Crippen molar-refractivity contribution in [3.8, 4) is 0 Å². The van der Waals surface area contributed by atoms with Gasteiger partial charge in [0, 0.05) is 11.0 Å². The molecule has 0 bridgehead atoms. The van der Waals surface area contributed by atoms with Crippen molar-refractivity contribution in [3.63, 3.8) is 0 Å². The fourth-order valence-electron chi connectivity index (χ4n) is 1.54. The SMILES string of the molecule is C[C@@H](NC(C[N+](=O)[O-])C(F)(F)F)c1ccccc1. The summed E-state index contributed by atoms with van der Waals surface area (Å²) in [6, 6.07) is 5.71. The number of halogens is 3. The van der Waals surface area contributed by atoms with Crippen molar-refractivity contribution in [2.24, 2.45) is 0 Å². The van der Waals surface area contributed by atoms with Gasteiger partial charge in [0.1, 0.15) is 0 Å². The van der Waals surface area contributed by atoms with Gasteiger partial charge in [-0.05, 0) is 12.5 Å². The third-order valence-corrected chi connectivity index (χ3v) is 2.48. The predicted molar refractivity (Wildman–Crippen MR) is 59.7 cm³/mol. The van der Waals surface area contributed by atoms with Gasteiger partial charge >= 0.3 is 6.18 Å². The Hall–Kier alpha value is -1.63. The van der Waals surface area contributed by atoms with E-state index in [0.717, 1.165) is 0 Å². The van der Waals surface area contributed by atoms with E-state index >= 15 is 0 Å². The van der Waals surface area contributed by atoms with Crippen LogP contribution in [0.5, 0.6) is 0 Å².